The highest BCUT2D eigenvalue weighted by atomic mass is 16.5. The SMILES string of the molecule is C=c1c(OC)cc(C)c/c1=C/NC1CC1. The monoisotopic (exact) mass is 203 g/mol. The molecule has 1 saturated carbocycles. The molecule has 1 fully saturated rings. The number of hydrogen-bond donors (Lipinski definition) is 1. The molecule has 1 N–H and O–H groups in total. The van der Waals surface area contributed by atoms with Crippen LogP contribution in [0.1, 0.15) is 18.4 Å². The summed E-state index contributed by atoms with van der Waals surface area (Å²) in [7, 11) is 1.68. The van der Waals surface area contributed by atoms with Crippen LogP contribution in [0.3, 0.4) is 0 Å². The molecule has 0 amide bonds. The zero-order chi connectivity index (χ0) is 10.8. The molecular formula is C13H17NO. The number of benzene rings is 1. The van der Waals surface area contributed by atoms with E-state index in [1.807, 2.05) is 6.07 Å². The first-order valence-corrected chi connectivity index (χ1v) is 5.30. The Morgan fingerprint density at radius 3 is 2.80 bits per heavy atom. The summed E-state index contributed by atoms with van der Waals surface area (Å²) >= 11 is 0. The number of hydrogen-bond acceptors (Lipinski definition) is 2. The van der Waals surface area contributed by atoms with Crippen LogP contribution in [0, 0.1) is 6.92 Å². The minimum absolute atomic E-state index is 0.677. The van der Waals surface area contributed by atoms with Crippen LogP contribution in [-0.2, 0) is 0 Å². The summed E-state index contributed by atoms with van der Waals surface area (Å²) in [5.41, 5.74) is 1.20. The molecule has 15 heavy (non-hydrogen) atoms. The van der Waals surface area contributed by atoms with Crippen molar-refractivity contribution in [1.29, 1.82) is 0 Å². The van der Waals surface area contributed by atoms with E-state index in [1.54, 1.807) is 7.11 Å². The van der Waals surface area contributed by atoms with Crippen LogP contribution in [0.5, 0.6) is 5.75 Å². The van der Waals surface area contributed by atoms with Gasteiger partial charge in [0.2, 0.25) is 0 Å². The molecule has 1 aromatic rings. The van der Waals surface area contributed by atoms with Crippen molar-refractivity contribution in [3.8, 4) is 5.75 Å². The number of aryl methyl sites for hydroxylation is 1. The van der Waals surface area contributed by atoms with Gasteiger partial charge in [-0.05, 0) is 37.5 Å². The Balaban J connectivity index is 2.39. The predicted molar refractivity (Wildman–Crippen MR) is 63.1 cm³/mol. The third kappa shape index (κ3) is 2.32. The molecule has 0 saturated heterocycles. The van der Waals surface area contributed by atoms with Crippen LogP contribution >= 0.6 is 0 Å². The smallest absolute Gasteiger partial charge is 0.126 e. The van der Waals surface area contributed by atoms with Crippen molar-refractivity contribution in [3.05, 3.63) is 28.1 Å². The standard InChI is InChI=1S/C13H17NO/c1-9-6-11(8-14-12-4-5-12)10(2)13(7-9)15-3/h6-8,12,14H,2,4-5H2,1,3H3/b11-8-. The Hall–Kier alpha value is -1.44. The number of methoxy groups -OCH3 is 1. The van der Waals surface area contributed by atoms with Gasteiger partial charge in [-0.25, -0.2) is 0 Å². The van der Waals surface area contributed by atoms with Gasteiger partial charge in [0.05, 0.1) is 7.11 Å². The second kappa shape index (κ2) is 3.97. The van der Waals surface area contributed by atoms with Gasteiger partial charge in [-0.1, -0.05) is 6.58 Å². The van der Waals surface area contributed by atoms with Crippen molar-refractivity contribution in [2.75, 3.05) is 7.11 Å². The molecule has 0 unspecified atom stereocenters. The summed E-state index contributed by atoms with van der Waals surface area (Å²) < 4.78 is 5.28. The Morgan fingerprint density at radius 2 is 2.20 bits per heavy atom. The molecule has 0 atom stereocenters. The van der Waals surface area contributed by atoms with E-state index in [1.165, 1.54) is 18.4 Å². The van der Waals surface area contributed by atoms with Gasteiger partial charge in [-0.2, -0.15) is 0 Å². The van der Waals surface area contributed by atoms with Crippen LogP contribution in [0.2, 0.25) is 0 Å². The maximum absolute atomic E-state index is 5.28. The molecule has 0 radical (unpaired) electrons. The highest BCUT2D eigenvalue weighted by Crippen LogP contribution is 2.18. The fourth-order valence-corrected chi connectivity index (χ4v) is 1.58. The molecular weight excluding hydrogens is 186 g/mol. The molecule has 1 aliphatic carbocycles. The first-order valence-electron chi connectivity index (χ1n) is 5.30. The van der Waals surface area contributed by atoms with Gasteiger partial charge in [-0.15, -0.1) is 0 Å². The number of rotatable bonds is 3. The minimum atomic E-state index is 0.677. The van der Waals surface area contributed by atoms with Gasteiger partial charge in [0.25, 0.3) is 0 Å². The van der Waals surface area contributed by atoms with Crippen LogP contribution in [0.15, 0.2) is 12.1 Å². The molecule has 80 valence electrons. The van der Waals surface area contributed by atoms with Crippen LogP contribution < -0.4 is 20.5 Å². The first kappa shape index (κ1) is 10.1. The predicted octanol–water partition coefficient (Wildman–Crippen LogP) is 0.904. The van der Waals surface area contributed by atoms with E-state index in [9.17, 15) is 0 Å². The summed E-state index contributed by atoms with van der Waals surface area (Å²) in [5.74, 6) is 0.860. The lowest BCUT2D eigenvalue weighted by molar-refractivity contribution is 0.410. The van der Waals surface area contributed by atoms with Crippen molar-refractivity contribution < 1.29 is 4.74 Å². The molecule has 0 spiro atoms. The van der Waals surface area contributed by atoms with Gasteiger partial charge in [0.1, 0.15) is 5.75 Å². The molecule has 0 aliphatic heterocycles. The van der Waals surface area contributed by atoms with E-state index in [-0.39, 0.29) is 0 Å². The summed E-state index contributed by atoms with van der Waals surface area (Å²) in [4.78, 5) is 0. The van der Waals surface area contributed by atoms with Crippen LogP contribution in [0.25, 0.3) is 12.8 Å². The van der Waals surface area contributed by atoms with Crippen molar-refractivity contribution in [1.82, 2.24) is 5.32 Å². The molecule has 1 aliphatic rings. The minimum Gasteiger partial charge on any atom is -0.496 e. The highest BCUT2D eigenvalue weighted by molar-refractivity contribution is 5.37. The van der Waals surface area contributed by atoms with Crippen molar-refractivity contribution in [2.24, 2.45) is 0 Å². The van der Waals surface area contributed by atoms with Crippen LogP contribution in [-0.4, -0.2) is 13.2 Å². The van der Waals surface area contributed by atoms with E-state index in [0.717, 1.165) is 16.2 Å². The van der Waals surface area contributed by atoms with Gasteiger partial charge in [0, 0.05) is 22.7 Å². The fraction of sp³-hybridized carbons (Fsp3) is 0.385. The van der Waals surface area contributed by atoms with E-state index in [0.29, 0.717) is 6.04 Å². The zero-order valence-electron chi connectivity index (χ0n) is 9.34. The topological polar surface area (TPSA) is 21.3 Å². The molecule has 0 heterocycles. The maximum Gasteiger partial charge on any atom is 0.126 e. The Labute approximate surface area is 90.3 Å². The second-order valence-corrected chi connectivity index (χ2v) is 4.12. The maximum atomic E-state index is 5.28. The Morgan fingerprint density at radius 1 is 1.47 bits per heavy atom. The Bertz CT molecular complexity index is 460. The summed E-state index contributed by atoms with van der Waals surface area (Å²) in [6.07, 6.45) is 4.62. The van der Waals surface area contributed by atoms with Crippen molar-refractivity contribution in [3.63, 3.8) is 0 Å². The van der Waals surface area contributed by atoms with Crippen LogP contribution in [0.4, 0.5) is 0 Å². The van der Waals surface area contributed by atoms with Crippen molar-refractivity contribution in [2.45, 2.75) is 25.8 Å². The summed E-state index contributed by atoms with van der Waals surface area (Å²) in [6, 6.07) is 4.81. The molecule has 0 bridgehead atoms. The average molecular weight is 203 g/mol. The van der Waals surface area contributed by atoms with Gasteiger partial charge in [0.15, 0.2) is 0 Å². The largest absolute Gasteiger partial charge is 0.496 e. The van der Waals surface area contributed by atoms with E-state index >= 15 is 0 Å². The third-order valence-electron chi connectivity index (χ3n) is 2.66. The lowest BCUT2D eigenvalue weighted by Gasteiger charge is -2.03. The van der Waals surface area contributed by atoms with Crippen molar-refractivity contribution >= 4 is 12.8 Å². The molecule has 0 aromatic heterocycles. The number of nitrogens with one attached hydrogen (secondary N) is 1. The van der Waals surface area contributed by atoms with Gasteiger partial charge >= 0.3 is 0 Å². The molecule has 2 nitrogen and oxygen atoms in total. The molecule has 2 rings (SSSR count). The van der Waals surface area contributed by atoms with E-state index in [2.05, 4.69) is 31.1 Å². The Kier molecular flexibility index (Phi) is 2.67. The van der Waals surface area contributed by atoms with E-state index in [4.69, 9.17) is 4.74 Å². The highest BCUT2D eigenvalue weighted by Gasteiger charge is 2.18. The molecule has 2 heteroatoms. The zero-order valence-corrected chi connectivity index (χ0v) is 9.34. The van der Waals surface area contributed by atoms with Gasteiger partial charge in [-0.3, -0.25) is 0 Å². The number of ether oxygens (including phenoxy) is 1. The lowest BCUT2D eigenvalue weighted by Crippen LogP contribution is -2.28. The molecule has 1 aromatic carbocycles. The average Bonchev–Trinajstić information content (AvgIpc) is 3.02. The normalized spacial score (nSPS) is 16.5. The quantitative estimate of drug-likeness (QED) is 0.788. The third-order valence-corrected chi connectivity index (χ3v) is 2.66. The van der Waals surface area contributed by atoms with Gasteiger partial charge < -0.3 is 10.1 Å². The summed E-state index contributed by atoms with van der Waals surface area (Å²) in [6.45, 7) is 6.10. The fourth-order valence-electron chi connectivity index (χ4n) is 1.58. The van der Waals surface area contributed by atoms with E-state index < -0.39 is 0 Å². The summed E-state index contributed by atoms with van der Waals surface area (Å²) in [5, 5.41) is 5.45. The first-order chi connectivity index (χ1) is 7.20. The lowest BCUT2D eigenvalue weighted by atomic mass is 10.1. The second-order valence-electron chi connectivity index (χ2n) is 4.12.